The van der Waals surface area contributed by atoms with E-state index in [1.54, 1.807) is 6.20 Å². The molecule has 1 atom stereocenters. The molecule has 0 aliphatic heterocycles. The average molecular weight is 352 g/mol. The predicted octanol–water partition coefficient (Wildman–Crippen LogP) is 4.39. The van der Waals surface area contributed by atoms with Gasteiger partial charge in [-0.2, -0.15) is 0 Å². The number of rotatable bonds is 5. The van der Waals surface area contributed by atoms with Gasteiger partial charge in [-0.1, -0.05) is 29.8 Å². The Morgan fingerprint density at radius 1 is 1.12 bits per heavy atom. The zero-order chi connectivity index (χ0) is 17.2. The van der Waals surface area contributed by atoms with Gasteiger partial charge >= 0.3 is 0 Å². The van der Waals surface area contributed by atoms with Gasteiger partial charge in [0.15, 0.2) is 0 Å². The van der Waals surface area contributed by atoms with Gasteiger partial charge in [0.2, 0.25) is 0 Å². The minimum atomic E-state index is -0.0968. The number of aromatic nitrogens is 2. The maximum Gasteiger partial charge on any atom is 0.0737 e. The highest BCUT2D eigenvalue weighted by atomic mass is 35.5. The summed E-state index contributed by atoms with van der Waals surface area (Å²) in [6.45, 7) is 0.0386. The number of para-hydroxylation sites is 1. The maximum absolute atomic E-state index is 9.86. The molecule has 1 unspecified atom stereocenters. The highest BCUT2D eigenvalue weighted by Crippen LogP contribution is 2.26. The zero-order valence-electron chi connectivity index (χ0n) is 13.5. The number of pyridine rings is 1. The van der Waals surface area contributed by atoms with Gasteiger partial charge < -0.3 is 15.4 Å². The fourth-order valence-electron chi connectivity index (χ4n) is 3.19. The third-order valence-electron chi connectivity index (χ3n) is 4.43. The number of aliphatic hydroxyl groups is 1. The lowest BCUT2D eigenvalue weighted by atomic mass is 10.0. The molecule has 0 radical (unpaired) electrons. The average Bonchev–Trinajstić information content (AvgIpc) is 3.04. The number of nitrogens with one attached hydrogen (secondary N) is 2. The third-order valence-corrected chi connectivity index (χ3v) is 4.66. The minimum Gasteiger partial charge on any atom is -0.394 e. The van der Waals surface area contributed by atoms with E-state index in [1.165, 1.54) is 10.9 Å². The van der Waals surface area contributed by atoms with Crippen LogP contribution in [0.15, 0.2) is 60.9 Å². The normalized spacial score (nSPS) is 12.6. The molecule has 0 aliphatic rings. The van der Waals surface area contributed by atoms with Crippen LogP contribution in [0.2, 0.25) is 5.02 Å². The van der Waals surface area contributed by atoms with Crippen LogP contribution in [0.3, 0.4) is 0 Å². The predicted molar refractivity (Wildman–Crippen MR) is 103 cm³/mol. The molecule has 4 aromatic rings. The van der Waals surface area contributed by atoms with Crippen LogP contribution in [0.5, 0.6) is 0 Å². The first-order valence-electron chi connectivity index (χ1n) is 8.21. The summed E-state index contributed by atoms with van der Waals surface area (Å²) >= 11 is 6.05. The molecule has 0 aliphatic carbocycles. The van der Waals surface area contributed by atoms with Crippen molar-refractivity contribution in [3.05, 3.63) is 71.5 Å². The van der Waals surface area contributed by atoms with Gasteiger partial charge in [-0.15, -0.1) is 0 Å². The van der Waals surface area contributed by atoms with Gasteiger partial charge in [0, 0.05) is 39.4 Å². The first kappa shape index (κ1) is 15.9. The van der Waals surface area contributed by atoms with Gasteiger partial charge in [0.25, 0.3) is 0 Å². The zero-order valence-corrected chi connectivity index (χ0v) is 14.3. The second-order valence-corrected chi connectivity index (χ2v) is 6.54. The van der Waals surface area contributed by atoms with Crippen molar-refractivity contribution in [2.75, 3.05) is 11.9 Å². The van der Waals surface area contributed by atoms with E-state index in [-0.39, 0.29) is 12.6 Å². The number of hydrogen-bond acceptors (Lipinski definition) is 3. The number of nitrogens with zero attached hydrogens (tertiary/aromatic N) is 1. The second kappa shape index (κ2) is 6.75. The van der Waals surface area contributed by atoms with Crippen LogP contribution in [-0.4, -0.2) is 27.7 Å². The number of halogens is 1. The molecule has 0 saturated heterocycles. The Labute approximate surface area is 150 Å². The lowest BCUT2D eigenvalue weighted by Gasteiger charge is -2.18. The summed E-state index contributed by atoms with van der Waals surface area (Å²) in [5.41, 5.74) is 4.07. The summed E-state index contributed by atoms with van der Waals surface area (Å²) in [5, 5.41) is 16.2. The monoisotopic (exact) mass is 351 g/mol. The number of fused-ring (bicyclic) bond motifs is 2. The molecule has 25 heavy (non-hydrogen) atoms. The van der Waals surface area contributed by atoms with Crippen LogP contribution >= 0.6 is 11.6 Å². The smallest absolute Gasteiger partial charge is 0.0737 e. The number of benzene rings is 2. The van der Waals surface area contributed by atoms with Gasteiger partial charge in [-0.3, -0.25) is 4.98 Å². The van der Waals surface area contributed by atoms with Crippen LogP contribution in [0.4, 0.5) is 5.69 Å². The van der Waals surface area contributed by atoms with Crippen molar-refractivity contribution < 1.29 is 5.11 Å². The molecule has 3 N–H and O–H groups in total. The molecule has 0 spiro atoms. The van der Waals surface area contributed by atoms with E-state index in [0.717, 1.165) is 28.5 Å². The van der Waals surface area contributed by atoms with Crippen LogP contribution in [0.25, 0.3) is 21.8 Å². The van der Waals surface area contributed by atoms with Crippen molar-refractivity contribution in [1.82, 2.24) is 9.97 Å². The SMILES string of the molecule is OCC(Cc1c[nH]c2ccccc12)Nc1ccnc2cc(Cl)ccc12. The fourth-order valence-corrected chi connectivity index (χ4v) is 3.36. The minimum absolute atomic E-state index is 0.0386. The summed E-state index contributed by atoms with van der Waals surface area (Å²) < 4.78 is 0. The Bertz CT molecular complexity index is 1030. The molecule has 2 aromatic heterocycles. The molecule has 0 bridgehead atoms. The molecule has 2 aromatic carbocycles. The number of anilines is 1. The lowest BCUT2D eigenvalue weighted by Crippen LogP contribution is -2.26. The van der Waals surface area contributed by atoms with Crippen molar-refractivity contribution >= 4 is 39.1 Å². The standard InChI is InChI=1S/C20H18ClN3O/c21-14-5-6-17-19(7-8-22-20(17)10-14)24-15(12-25)9-13-11-23-18-4-2-1-3-16(13)18/h1-8,10-11,15,23,25H,9,12H2,(H,22,24). The van der Waals surface area contributed by atoms with E-state index in [1.807, 2.05) is 42.6 Å². The molecule has 2 heterocycles. The van der Waals surface area contributed by atoms with E-state index < -0.39 is 0 Å². The van der Waals surface area contributed by atoms with Crippen molar-refractivity contribution in [1.29, 1.82) is 0 Å². The Kier molecular flexibility index (Phi) is 4.30. The van der Waals surface area contributed by atoms with Gasteiger partial charge in [-0.25, -0.2) is 0 Å². The molecule has 4 rings (SSSR count). The van der Waals surface area contributed by atoms with Crippen LogP contribution in [0, 0.1) is 0 Å². The number of aromatic amines is 1. The summed E-state index contributed by atoms with van der Waals surface area (Å²) in [7, 11) is 0. The summed E-state index contributed by atoms with van der Waals surface area (Å²) in [6.07, 6.45) is 4.48. The Hall–Kier alpha value is -2.56. The molecule has 0 fully saturated rings. The van der Waals surface area contributed by atoms with Crippen molar-refractivity contribution in [3.63, 3.8) is 0 Å². The van der Waals surface area contributed by atoms with Gasteiger partial charge in [0.05, 0.1) is 18.2 Å². The Morgan fingerprint density at radius 2 is 2.00 bits per heavy atom. The van der Waals surface area contributed by atoms with E-state index >= 15 is 0 Å². The number of aliphatic hydroxyl groups excluding tert-OH is 1. The molecular weight excluding hydrogens is 334 g/mol. The Balaban J connectivity index is 1.62. The summed E-state index contributed by atoms with van der Waals surface area (Å²) in [6, 6.07) is 15.7. The number of H-pyrrole nitrogens is 1. The molecular formula is C20H18ClN3O. The molecule has 0 saturated carbocycles. The van der Waals surface area contributed by atoms with Crippen LogP contribution in [0.1, 0.15) is 5.56 Å². The van der Waals surface area contributed by atoms with E-state index in [0.29, 0.717) is 5.02 Å². The topological polar surface area (TPSA) is 60.9 Å². The van der Waals surface area contributed by atoms with E-state index in [2.05, 4.69) is 27.4 Å². The second-order valence-electron chi connectivity index (χ2n) is 6.11. The maximum atomic E-state index is 9.86. The van der Waals surface area contributed by atoms with Crippen LogP contribution < -0.4 is 5.32 Å². The highest BCUT2D eigenvalue weighted by molar-refractivity contribution is 6.31. The van der Waals surface area contributed by atoms with E-state index in [4.69, 9.17) is 11.6 Å². The Morgan fingerprint density at radius 3 is 2.88 bits per heavy atom. The van der Waals surface area contributed by atoms with Crippen molar-refractivity contribution in [2.45, 2.75) is 12.5 Å². The largest absolute Gasteiger partial charge is 0.394 e. The molecule has 5 heteroatoms. The molecule has 0 amide bonds. The highest BCUT2D eigenvalue weighted by Gasteiger charge is 2.13. The lowest BCUT2D eigenvalue weighted by molar-refractivity contribution is 0.274. The third kappa shape index (κ3) is 3.18. The van der Waals surface area contributed by atoms with Crippen molar-refractivity contribution in [3.8, 4) is 0 Å². The number of hydrogen-bond donors (Lipinski definition) is 3. The summed E-state index contributed by atoms with van der Waals surface area (Å²) in [5.74, 6) is 0. The fraction of sp³-hybridized carbons (Fsp3) is 0.150. The molecule has 126 valence electrons. The first-order chi connectivity index (χ1) is 12.2. The van der Waals surface area contributed by atoms with Gasteiger partial charge in [0.1, 0.15) is 0 Å². The van der Waals surface area contributed by atoms with E-state index in [9.17, 15) is 5.11 Å². The summed E-state index contributed by atoms with van der Waals surface area (Å²) in [4.78, 5) is 7.64. The first-order valence-corrected chi connectivity index (χ1v) is 8.59. The van der Waals surface area contributed by atoms with Crippen molar-refractivity contribution in [2.24, 2.45) is 0 Å². The molecule has 4 nitrogen and oxygen atoms in total. The van der Waals surface area contributed by atoms with Gasteiger partial charge in [-0.05, 0) is 42.3 Å². The van der Waals surface area contributed by atoms with Crippen LogP contribution in [-0.2, 0) is 6.42 Å². The quantitative estimate of drug-likeness (QED) is 0.500.